The molecule has 0 saturated carbocycles. The van der Waals surface area contributed by atoms with Crippen LogP contribution in [0.2, 0.25) is 0 Å². The van der Waals surface area contributed by atoms with Crippen molar-refractivity contribution in [3.05, 3.63) is 53.6 Å². The van der Waals surface area contributed by atoms with E-state index in [-0.39, 0.29) is 0 Å². The number of likely N-dealkylation sites (tertiary alicyclic amines) is 1. The maximum absolute atomic E-state index is 5.89. The van der Waals surface area contributed by atoms with Crippen molar-refractivity contribution < 1.29 is 4.74 Å². The van der Waals surface area contributed by atoms with Crippen LogP contribution >= 0.6 is 0 Å². The Bertz CT molecular complexity index is 675. The van der Waals surface area contributed by atoms with Crippen LogP contribution in [0.5, 0.6) is 5.75 Å². The first-order valence-corrected chi connectivity index (χ1v) is 9.02. The molecule has 0 aliphatic carbocycles. The predicted octanol–water partition coefficient (Wildman–Crippen LogP) is 3.06. The fourth-order valence-electron chi connectivity index (χ4n) is 3.46. The summed E-state index contributed by atoms with van der Waals surface area (Å²) in [5.74, 6) is 1.79. The normalized spacial score (nSPS) is 18.0. The third-order valence-electron chi connectivity index (χ3n) is 4.57. The summed E-state index contributed by atoms with van der Waals surface area (Å²) in [6.07, 6.45) is 4.36. The van der Waals surface area contributed by atoms with Crippen molar-refractivity contribution in [3.63, 3.8) is 0 Å². The van der Waals surface area contributed by atoms with E-state index in [1.165, 1.54) is 17.7 Å². The van der Waals surface area contributed by atoms with Gasteiger partial charge in [-0.2, -0.15) is 0 Å². The SMILES string of the molecule is Cc1ncc(CN(C)C)c([C@@H]2CCCN2CCOc2ccccc2)n1. The molecule has 1 aliphatic heterocycles. The van der Waals surface area contributed by atoms with Gasteiger partial charge in [-0.15, -0.1) is 0 Å². The highest BCUT2D eigenvalue weighted by Gasteiger charge is 2.29. The Morgan fingerprint density at radius 1 is 1.24 bits per heavy atom. The first kappa shape index (κ1) is 17.8. The molecule has 0 unspecified atom stereocenters. The molecular formula is C20H28N4O. The summed E-state index contributed by atoms with van der Waals surface area (Å²) in [6, 6.07) is 10.4. The van der Waals surface area contributed by atoms with Crippen LogP contribution in [0.1, 0.15) is 36.0 Å². The fraction of sp³-hybridized carbons (Fsp3) is 0.500. The predicted molar refractivity (Wildman–Crippen MR) is 99.6 cm³/mol. The van der Waals surface area contributed by atoms with Crippen LogP contribution in [0.4, 0.5) is 0 Å². The molecule has 0 radical (unpaired) electrons. The fourth-order valence-corrected chi connectivity index (χ4v) is 3.46. The zero-order valence-corrected chi connectivity index (χ0v) is 15.5. The summed E-state index contributed by atoms with van der Waals surface area (Å²) in [5, 5.41) is 0. The molecule has 5 heteroatoms. The van der Waals surface area contributed by atoms with Crippen molar-refractivity contribution in [3.8, 4) is 5.75 Å². The Labute approximate surface area is 150 Å². The number of hydrogen-bond donors (Lipinski definition) is 0. The Kier molecular flexibility index (Phi) is 6.00. The van der Waals surface area contributed by atoms with Crippen LogP contribution in [0, 0.1) is 6.92 Å². The molecule has 0 N–H and O–H groups in total. The van der Waals surface area contributed by atoms with E-state index >= 15 is 0 Å². The van der Waals surface area contributed by atoms with Gasteiger partial charge >= 0.3 is 0 Å². The minimum Gasteiger partial charge on any atom is -0.492 e. The number of benzene rings is 1. The molecule has 5 nitrogen and oxygen atoms in total. The van der Waals surface area contributed by atoms with Gasteiger partial charge in [0, 0.05) is 24.8 Å². The molecular weight excluding hydrogens is 312 g/mol. The molecule has 134 valence electrons. The lowest BCUT2D eigenvalue weighted by Gasteiger charge is -2.26. The quantitative estimate of drug-likeness (QED) is 0.775. The Hall–Kier alpha value is -1.98. The molecule has 0 spiro atoms. The zero-order chi connectivity index (χ0) is 17.6. The van der Waals surface area contributed by atoms with E-state index < -0.39 is 0 Å². The van der Waals surface area contributed by atoms with Crippen LogP contribution < -0.4 is 4.74 Å². The van der Waals surface area contributed by atoms with E-state index in [4.69, 9.17) is 9.72 Å². The second kappa shape index (κ2) is 8.41. The Morgan fingerprint density at radius 2 is 2.04 bits per heavy atom. The zero-order valence-electron chi connectivity index (χ0n) is 15.5. The molecule has 2 heterocycles. The molecule has 3 rings (SSSR count). The molecule has 0 amide bonds. The van der Waals surface area contributed by atoms with Gasteiger partial charge in [0.25, 0.3) is 0 Å². The van der Waals surface area contributed by atoms with E-state index in [1.54, 1.807) is 0 Å². The smallest absolute Gasteiger partial charge is 0.125 e. The summed E-state index contributed by atoms with van der Waals surface area (Å²) in [5.41, 5.74) is 2.43. The molecule has 1 saturated heterocycles. The van der Waals surface area contributed by atoms with Crippen molar-refractivity contribution in [1.82, 2.24) is 19.8 Å². The van der Waals surface area contributed by atoms with E-state index in [2.05, 4.69) is 28.9 Å². The van der Waals surface area contributed by atoms with Crippen LogP contribution in [-0.2, 0) is 6.54 Å². The minimum atomic E-state index is 0.371. The number of rotatable bonds is 7. The number of para-hydroxylation sites is 1. The second-order valence-electron chi connectivity index (χ2n) is 6.92. The third kappa shape index (κ3) is 4.77. The lowest BCUT2D eigenvalue weighted by atomic mass is 10.1. The second-order valence-corrected chi connectivity index (χ2v) is 6.92. The van der Waals surface area contributed by atoms with Gasteiger partial charge in [-0.1, -0.05) is 18.2 Å². The van der Waals surface area contributed by atoms with Crippen molar-refractivity contribution in [2.75, 3.05) is 33.8 Å². The summed E-state index contributed by atoms with van der Waals surface area (Å²) in [6.45, 7) is 5.58. The van der Waals surface area contributed by atoms with Gasteiger partial charge in [-0.3, -0.25) is 4.90 Å². The number of hydrogen-bond acceptors (Lipinski definition) is 5. The Morgan fingerprint density at radius 3 is 2.80 bits per heavy atom. The van der Waals surface area contributed by atoms with Gasteiger partial charge in [0.15, 0.2) is 0 Å². The van der Waals surface area contributed by atoms with Crippen molar-refractivity contribution in [2.45, 2.75) is 32.4 Å². The number of ether oxygens (including phenoxy) is 1. The summed E-state index contributed by atoms with van der Waals surface area (Å²) >= 11 is 0. The number of aryl methyl sites for hydroxylation is 1. The van der Waals surface area contributed by atoms with Crippen molar-refractivity contribution in [1.29, 1.82) is 0 Å². The molecule has 25 heavy (non-hydrogen) atoms. The lowest BCUT2D eigenvalue weighted by molar-refractivity contribution is 0.194. The summed E-state index contributed by atoms with van der Waals surface area (Å²) in [4.78, 5) is 13.9. The van der Waals surface area contributed by atoms with Gasteiger partial charge in [-0.25, -0.2) is 9.97 Å². The standard InChI is InChI=1S/C20H28N4O/c1-16-21-14-17(15-23(2)3)20(22-16)19-10-7-11-24(19)12-13-25-18-8-5-4-6-9-18/h4-6,8-9,14,19H,7,10-13,15H2,1-3H3/t19-/m0/s1. The van der Waals surface area contributed by atoms with E-state index in [1.807, 2.05) is 43.5 Å². The van der Waals surface area contributed by atoms with E-state index in [0.717, 1.165) is 37.6 Å². The summed E-state index contributed by atoms with van der Waals surface area (Å²) in [7, 11) is 4.17. The highest BCUT2D eigenvalue weighted by Crippen LogP contribution is 2.32. The third-order valence-corrected chi connectivity index (χ3v) is 4.57. The lowest BCUT2D eigenvalue weighted by Crippen LogP contribution is -2.30. The van der Waals surface area contributed by atoms with Crippen molar-refractivity contribution in [2.24, 2.45) is 0 Å². The van der Waals surface area contributed by atoms with Crippen LogP contribution in [0.3, 0.4) is 0 Å². The highest BCUT2D eigenvalue weighted by atomic mass is 16.5. The van der Waals surface area contributed by atoms with Gasteiger partial charge in [0.1, 0.15) is 18.2 Å². The van der Waals surface area contributed by atoms with Crippen molar-refractivity contribution >= 4 is 0 Å². The molecule has 1 aromatic carbocycles. The first-order valence-electron chi connectivity index (χ1n) is 9.02. The molecule has 0 bridgehead atoms. The van der Waals surface area contributed by atoms with Crippen LogP contribution in [0.25, 0.3) is 0 Å². The Balaban J connectivity index is 1.67. The average Bonchev–Trinajstić information content (AvgIpc) is 3.05. The maximum atomic E-state index is 5.89. The van der Waals surface area contributed by atoms with Gasteiger partial charge in [0.2, 0.25) is 0 Å². The monoisotopic (exact) mass is 340 g/mol. The van der Waals surface area contributed by atoms with Crippen LogP contribution in [-0.4, -0.2) is 53.6 Å². The van der Waals surface area contributed by atoms with E-state index in [9.17, 15) is 0 Å². The number of nitrogens with zero attached hydrogens (tertiary/aromatic N) is 4. The van der Waals surface area contributed by atoms with Crippen LogP contribution in [0.15, 0.2) is 36.5 Å². The molecule has 1 atom stereocenters. The average molecular weight is 340 g/mol. The number of aromatic nitrogens is 2. The van der Waals surface area contributed by atoms with Gasteiger partial charge < -0.3 is 9.64 Å². The van der Waals surface area contributed by atoms with Gasteiger partial charge in [0.05, 0.1) is 11.7 Å². The highest BCUT2D eigenvalue weighted by molar-refractivity contribution is 5.23. The summed E-state index contributed by atoms with van der Waals surface area (Å²) < 4.78 is 5.89. The van der Waals surface area contributed by atoms with E-state index in [0.29, 0.717) is 12.6 Å². The van der Waals surface area contributed by atoms with Gasteiger partial charge in [-0.05, 0) is 52.5 Å². The topological polar surface area (TPSA) is 41.5 Å². The first-order chi connectivity index (χ1) is 12.1. The molecule has 1 aromatic heterocycles. The maximum Gasteiger partial charge on any atom is 0.125 e. The molecule has 1 fully saturated rings. The largest absolute Gasteiger partial charge is 0.492 e. The minimum absolute atomic E-state index is 0.371. The molecule has 2 aromatic rings. The molecule has 1 aliphatic rings.